The van der Waals surface area contributed by atoms with Crippen molar-refractivity contribution in [2.45, 2.75) is 45.1 Å². The summed E-state index contributed by atoms with van der Waals surface area (Å²) in [6, 6.07) is 0. The normalized spacial score (nSPS) is 23.2. The van der Waals surface area contributed by atoms with Gasteiger partial charge in [-0.2, -0.15) is 0 Å². The fourth-order valence-corrected chi connectivity index (χ4v) is 1.91. The lowest BCUT2D eigenvalue weighted by Crippen LogP contribution is -2.50. The summed E-state index contributed by atoms with van der Waals surface area (Å²) in [4.78, 5) is 0. The fraction of sp³-hybridized carbons (Fsp3) is 1.00. The highest BCUT2D eigenvalue weighted by molar-refractivity contribution is 4.92. The Bertz CT molecular complexity index is 168. The topological polar surface area (TPSA) is 41.5 Å². The van der Waals surface area contributed by atoms with E-state index in [1.165, 1.54) is 19.3 Å². The number of hydrogen-bond acceptors (Lipinski definition) is 3. The second kappa shape index (κ2) is 5.28. The van der Waals surface area contributed by atoms with Gasteiger partial charge in [0.05, 0.1) is 5.60 Å². The molecule has 0 heterocycles. The van der Waals surface area contributed by atoms with E-state index >= 15 is 0 Å². The van der Waals surface area contributed by atoms with Crippen molar-refractivity contribution in [1.29, 1.82) is 0 Å². The fourth-order valence-electron chi connectivity index (χ4n) is 1.91. The van der Waals surface area contributed by atoms with Crippen molar-refractivity contribution in [2.75, 3.05) is 26.8 Å². The van der Waals surface area contributed by atoms with Gasteiger partial charge in [0.2, 0.25) is 0 Å². The molecular formula is C12H25NO2. The van der Waals surface area contributed by atoms with Gasteiger partial charge in [-0.3, -0.25) is 0 Å². The first-order valence-electron chi connectivity index (χ1n) is 5.96. The van der Waals surface area contributed by atoms with Crippen molar-refractivity contribution in [3.05, 3.63) is 0 Å². The van der Waals surface area contributed by atoms with Crippen LogP contribution in [0, 0.1) is 5.41 Å². The summed E-state index contributed by atoms with van der Waals surface area (Å²) < 4.78 is 5.53. The van der Waals surface area contributed by atoms with E-state index in [0.29, 0.717) is 0 Å². The van der Waals surface area contributed by atoms with Crippen molar-refractivity contribution in [1.82, 2.24) is 5.32 Å². The van der Waals surface area contributed by atoms with Gasteiger partial charge in [0.15, 0.2) is 0 Å². The molecule has 0 saturated heterocycles. The van der Waals surface area contributed by atoms with E-state index in [1.807, 2.05) is 0 Å². The van der Waals surface area contributed by atoms with E-state index in [0.717, 1.165) is 19.5 Å². The van der Waals surface area contributed by atoms with Crippen LogP contribution in [0.2, 0.25) is 0 Å². The molecular weight excluding hydrogens is 190 g/mol. The zero-order valence-electron chi connectivity index (χ0n) is 10.3. The van der Waals surface area contributed by atoms with Crippen molar-refractivity contribution < 1.29 is 9.84 Å². The monoisotopic (exact) mass is 215 g/mol. The van der Waals surface area contributed by atoms with Gasteiger partial charge >= 0.3 is 0 Å². The van der Waals surface area contributed by atoms with Crippen LogP contribution in [-0.2, 0) is 4.74 Å². The van der Waals surface area contributed by atoms with Gasteiger partial charge in [0, 0.05) is 32.2 Å². The molecule has 1 aliphatic carbocycles. The molecule has 2 N–H and O–H groups in total. The van der Waals surface area contributed by atoms with E-state index in [9.17, 15) is 5.11 Å². The molecule has 0 amide bonds. The lowest BCUT2D eigenvalue weighted by atomic mass is 9.79. The van der Waals surface area contributed by atoms with Crippen LogP contribution in [0.25, 0.3) is 0 Å². The van der Waals surface area contributed by atoms with Crippen LogP contribution in [-0.4, -0.2) is 37.5 Å². The van der Waals surface area contributed by atoms with Crippen LogP contribution in [0.1, 0.15) is 39.5 Å². The Morgan fingerprint density at radius 3 is 2.47 bits per heavy atom. The van der Waals surface area contributed by atoms with Gasteiger partial charge in [-0.1, -0.05) is 13.8 Å². The highest BCUT2D eigenvalue weighted by Gasteiger charge is 2.36. The van der Waals surface area contributed by atoms with Crippen LogP contribution in [0.5, 0.6) is 0 Å². The standard InChI is InChI=1S/C12H25NO2/c1-4-11(2,10-14)8-13-9-12(15-3)6-5-7-12/h13-14H,4-10H2,1-3H3. The van der Waals surface area contributed by atoms with Crippen LogP contribution in [0.3, 0.4) is 0 Å². The summed E-state index contributed by atoms with van der Waals surface area (Å²) in [6.07, 6.45) is 4.61. The Morgan fingerprint density at radius 1 is 1.47 bits per heavy atom. The Labute approximate surface area is 93.2 Å². The van der Waals surface area contributed by atoms with Gasteiger partial charge in [-0.25, -0.2) is 0 Å². The van der Waals surface area contributed by atoms with Crippen molar-refractivity contribution >= 4 is 0 Å². The van der Waals surface area contributed by atoms with Gasteiger partial charge in [-0.15, -0.1) is 0 Å². The quantitative estimate of drug-likeness (QED) is 0.677. The Kier molecular flexibility index (Phi) is 4.56. The summed E-state index contributed by atoms with van der Waals surface area (Å²) in [5.74, 6) is 0. The van der Waals surface area contributed by atoms with Crippen LogP contribution in [0.15, 0.2) is 0 Å². The SMILES string of the molecule is CCC(C)(CO)CNCC1(OC)CCC1. The maximum Gasteiger partial charge on any atom is 0.0802 e. The van der Waals surface area contributed by atoms with Crippen molar-refractivity contribution in [3.8, 4) is 0 Å². The molecule has 0 radical (unpaired) electrons. The second-order valence-corrected chi connectivity index (χ2v) is 5.17. The first kappa shape index (κ1) is 12.9. The average Bonchev–Trinajstić information content (AvgIpc) is 2.22. The van der Waals surface area contributed by atoms with Crippen molar-refractivity contribution in [3.63, 3.8) is 0 Å². The summed E-state index contributed by atoms with van der Waals surface area (Å²) in [5.41, 5.74) is 0.1000. The lowest BCUT2D eigenvalue weighted by Gasteiger charge is -2.41. The molecule has 1 unspecified atom stereocenters. The summed E-state index contributed by atoms with van der Waals surface area (Å²) in [6.45, 7) is 6.26. The molecule has 1 saturated carbocycles. The molecule has 0 bridgehead atoms. The minimum atomic E-state index is 0.0126. The second-order valence-electron chi connectivity index (χ2n) is 5.17. The maximum absolute atomic E-state index is 9.27. The highest BCUT2D eigenvalue weighted by atomic mass is 16.5. The highest BCUT2D eigenvalue weighted by Crippen LogP contribution is 2.34. The molecule has 1 aliphatic rings. The molecule has 0 spiro atoms. The molecule has 3 heteroatoms. The number of aliphatic hydroxyl groups excluding tert-OH is 1. The summed E-state index contributed by atoms with van der Waals surface area (Å²) >= 11 is 0. The number of rotatable bonds is 7. The molecule has 1 atom stereocenters. The van der Waals surface area contributed by atoms with E-state index in [2.05, 4.69) is 19.2 Å². The van der Waals surface area contributed by atoms with Crippen LogP contribution < -0.4 is 5.32 Å². The minimum absolute atomic E-state index is 0.0126. The zero-order valence-corrected chi connectivity index (χ0v) is 10.3. The van der Waals surface area contributed by atoms with Gasteiger partial charge < -0.3 is 15.2 Å². The molecule has 0 aliphatic heterocycles. The van der Waals surface area contributed by atoms with E-state index in [1.54, 1.807) is 7.11 Å². The maximum atomic E-state index is 9.27. The van der Waals surface area contributed by atoms with E-state index in [-0.39, 0.29) is 17.6 Å². The summed E-state index contributed by atoms with van der Waals surface area (Å²) in [5, 5.41) is 12.7. The zero-order chi connectivity index (χ0) is 11.4. The molecule has 0 aromatic carbocycles. The summed E-state index contributed by atoms with van der Waals surface area (Å²) in [7, 11) is 1.80. The molecule has 90 valence electrons. The first-order chi connectivity index (χ1) is 7.10. The Balaban J connectivity index is 2.25. The third kappa shape index (κ3) is 3.16. The minimum Gasteiger partial charge on any atom is -0.396 e. The molecule has 0 aromatic rings. The molecule has 15 heavy (non-hydrogen) atoms. The number of aliphatic hydroxyl groups is 1. The van der Waals surface area contributed by atoms with Gasteiger partial charge in [0.25, 0.3) is 0 Å². The molecule has 1 fully saturated rings. The smallest absolute Gasteiger partial charge is 0.0802 e. The predicted molar refractivity (Wildman–Crippen MR) is 61.9 cm³/mol. The average molecular weight is 215 g/mol. The molecule has 0 aromatic heterocycles. The Morgan fingerprint density at radius 2 is 2.13 bits per heavy atom. The third-order valence-electron chi connectivity index (χ3n) is 3.93. The van der Waals surface area contributed by atoms with E-state index in [4.69, 9.17) is 4.74 Å². The first-order valence-corrected chi connectivity index (χ1v) is 5.96. The number of nitrogens with one attached hydrogen (secondary N) is 1. The Hall–Kier alpha value is -0.120. The molecule has 3 nitrogen and oxygen atoms in total. The largest absolute Gasteiger partial charge is 0.396 e. The predicted octanol–water partition coefficient (Wildman–Crippen LogP) is 1.55. The third-order valence-corrected chi connectivity index (χ3v) is 3.93. The van der Waals surface area contributed by atoms with Crippen LogP contribution >= 0.6 is 0 Å². The number of hydrogen-bond donors (Lipinski definition) is 2. The van der Waals surface area contributed by atoms with Gasteiger partial charge in [0.1, 0.15) is 0 Å². The number of ether oxygens (including phenoxy) is 1. The number of methoxy groups -OCH3 is 1. The van der Waals surface area contributed by atoms with Gasteiger partial charge in [-0.05, 0) is 25.7 Å². The lowest BCUT2D eigenvalue weighted by molar-refractivity contribution is -0.0709. The van der Waals surface area contributed by atoms with Crippen molar-refractivity contribution in [2.24, 2.45) is 5.41 Å². The molecule has 1 rings (SSSR count). The van der Waals surface area contributed by atoms with Crippen LogP contribution in [0.4, 0.5) is 0 Å². The van der Waals surface area contributed by atoms with E-state index < -0.39 is 0 Å².